The van der Waals surface area contributed by atoms with E-state index in [1.165, 1.54) is 0 Å². The van der Waals surface area contributed by atoms with Gasteiger partial charge in [-0.05, 0) is 25.0 Å². The summed E-state index contributed by atoms with van der Waals surface area (Å²) in [6.07, 6.45) is 2.65. The van der Waals surface area contributed by atoms with Gasteiger partial charge in [0.05, 0.1) is 0 Å². The van der Waals surface area contributed by atoms with Crippen LogP contribution in [0.2, 0.25) is 0 Å². The van der Waals surface area contributed by atoms with Gasteiger partial charge in [-0.25, -0.2) is 0 Å². The monoisotopic (exact) mass is 242 g/mol. The van der Waals surface area contributed by atoms with Crippen LogP contribution in [0.3, 0.4) is 0 Å². The van der Waals surface area contributed by atoms with Gasteiger partial charge in [0.1, 0.15) is 17.8 Å². The fraction of sp³-hybridized carbons (Fsp3) is 0.312. The van der Waals surface area contributed by atoms with Gasteiger partial charge in [0.2, 0.25) is 0 Å². The average Bonchev–Trinajstić information content (AvgIpc) is 2.78. The van der Waals surface area contributed by atoms with Crippen LogP contribution in [0.4, 0.5) is 0 Å². The van der Waals surface area contributed by atoms with Crippen molar-refractivity contribution in [1.29, 1.82) is 0 Å². The number of hydrogen-bond donors (Lipinski definition) is 0. The molecule has 2 nitrogen and oxygen atoms in total. The molecule has 2 rings (SSSR count). The molecule has 1 atom stereocenters. The molecule has 0 bridgehead atoms. The Labute approximate surface area is 108 Å². The molecule has 1 heterocycles. The number of aryl methyl sites for hydroxylation is 2. The van der Waals surface area contributed by atoms with Gasteiger partial charge in [0, 0.05) is 17.9 Å². The first-order valence-electron chi connectivity index (χ1n) is 6.30. The van der Waals surface area contributed by atoms with Crippen LogP contribution in [-0.4, -0.2) is 6.29 Å². The van der Waals surface area contributed by atoms with E-state index in [9.17, 15) is 4.79 Å². The zero-order valence-electron chi connectivity index (χ0n) is 10.8. The fourth-order valence-corrected chi connectivity index (χ4v) is 1.94. The molecule has 0 aliphatic carbocycles. The van der Waals surface area contributed by atoms with Gasteiger partial charge < -0.3 is 9.21 Å². The van der Waals surface area contributed by atoms with Crippen molar-refractivity contribution in [1.82, 2.24) is 0 Å². The van der Waals surface area contributed by atoms with E-state index in [1.807, 2.05) is 37.3 Å². The lowest BCUT2D eigenvalue weighted by Crippen LogP contribution is -1.98. The molecule has 2 aromatic rings. The lowest BCUT2D eigenvalue weighted by Gasteiger charge is -2.01. The van der Waals surface area contributed by atoms with E-state index in [-0.39, 0.29) is 5.92 Å². The molecule has 0 saturated heterocycles. The number of benzene rings is 1. The van der Waals surface area contributed by atoms with Crippen LogP contribution in [0.5, 0.6) is 0 Å². The largest absolute Gasteiger partial charge is 0.461 e. The van der Waals surface area contributed by atoms with Crippen LogP contribution in [0.25, 0.3) is 11.3 Å². The third kappa shape index (κ3) is 2.89. The Bertz CT molecular complexity index is 511. The normalized spacial score (nSPS) is 12.3. The number of rotatable bonds is 5. The maximum absolute atomic E-state index is 10.6. The van der Waals surface area contributed by atoms with Gasteiger partial charge in [-0.2, -0.15) is 0 Å². The zero-order valence-corrected chi connectivity index (χ0v) is 10.8. The first kappa shape index (κ1) is 12.6. The smallest absolute Gasteiger partial charge is 0.134 e. The highest BCUT2D eigenvalue weighted by Gasteiger charge is 2.10. The fourth-order valence-electron chi connectivity index (χ4n) is 1.94. The molecule has 2 heteroatoms. The molecule has 1 unspecified atom stereocenters. The van der Waals surface area contributed by atoms with Crippen molar-refractivity contribution in [2.75, 3.05) is 0 Å². The first-order chi connectivity index (χ1) is 8.70. The Morgan fingerprint density at radius 2 is 2.00 bits per heavy atom. The second-order valence-electron chi connectivity index (χ2n) is 4.73. The molecule has 1 aromatic heterocycles. The second kappa shape index (κ2) is 5.67. The lowest BCUT2D eigenvalue weighted by atomic mass is 10.0. The molecule has 0 aliphatic heterocycles. The number of carbonyl (C=O) groups excluding carboxylic acids is 1. The molecule has 1 aromatic carbocycles. The Balaban J connectivity index is 2.15. The first-order valence-corrected chi connectivity index (χ1v) is 6.30. The topological polar surface area (TPSA) is 30.2 Å². The number of furan rings is 1. The van der Waals surface area contributed by atoms with Crippen molar-refractivity contribution in [2.24, 2.45) is 5.92 Å². The molecule has 0 spiro atoms. The van der Waals surface area contributed by atoms with Crippen LogP contribution in [0, 0.1) is 12.8 Å². The van der Waals surface area contributed by atoms with E-state index >= 15 is 0 Å². The lowest BCUT2D eigenvalue weighted by molar-refractivity contribution is -0.110. The average molecular weight is 242 g/mol. The maximum atomic E-state index is 10.6. The predicted octanol–water partition coefficient (Wildman–Crippen LogP) is 4.02. The number of carbonyl (C=O) groups is 1. The van der Waals surface area contributed by atoms with Crippen molar-refractivity contribution >= 4 is 6.29 Å². The highest BCUT2D eigenvalue weighted by Crippen LogP contribution is 2.26. The maximum Gasteiger partial charge on any atom is 0.134 e. The van der Waals surface area contributed by atoms with Crippen LogP contribution in [-0.2, 0) is 11.2 Å². The summed E-state index contributed by atoms with van der Waals surface area (Å²) >= 11 is 0. The third-order valence-corrected chi connectivity index (χ3v) is 3.14. The quantitative estimate of drug-likeness (QED) is 0.741. The minimum atomic E-state index is 0.0923. The SMILES string of the molecule is Cc1cc(-c2ccccc2)oc1CCC(C)C=O. The van der Waals surface area contributed by atoms with E-state index in [0.717, 1.165) is 41.8 Å². The Hall–Kier alpha value is -1.83. The summed E-state index contributed by atoms with van der Waals surface area (Å²) in [6, 6.07) is 12.1. The van der Waals surface area contributed by atoms with Crippen molar-refractivity contribution in [3.05, 3.63) is 47.7 Å². The molecule has 94 valence electrons. The molecular formula is C16H18O2. The van der Waals surface area contributed by atoms with Crippen LogP contribution >= 0.6 is 0 Å². The third-order valence-electron chi connectivity index (χ3n) is 3.14. The van der Waals surface area contributed by atoms with E-state index in [0.29, 0.717) is 0 Å². The summed E-state index contributed by atoms with van der Waals surface area (Å²) < 4.78 is 5.88. The summed E-state index contributed by atoms with van der Waals surface area (Å²) in [5.74, 6) is 1.99. The van der Waals surface area contributed by atoms with E-state index in [1.54, 1.807) is 0 Å². The Morgan fingerprint density at radius 1 is 1.28 bits per heavy atom. The standard InChI is InChI=1S/C16H18O2/c1-12(11-17)8-9-15-13(2)10-16(18-15)14-6-4-3-5-7-14/h3-7,10-12H,8-9H2,1-2H3. The van der Waals surface area contributed by atoms with Gasteiger partial charge >= 0.3 is 0 Å². The summed E-state index contributed by atoms with van der Waals surface area (Å²) in [4.78, 5) is 10.6. The van der Waals surface area contributed by atoms with Gasteiger partial charge in [-0.1, -0.05) is 37.3 Å². The molecule has 0 saturated carbocycles. The van der Waals surface area contributed by atoms with Crippen LogP contribution in [0.1, 0.15) is 24.7 Å². The molecule has 18 heavy (non-hydrogen) atoms. The minimum absolute atomic E-state index is 0.0923. The van der Waals surface area contributed by atoms with E-state index < -0.39 is 0 Å². The van der Waals surface area contributed by atoms with Crippen LogP contribution in [0.15, 0.2) is 40.8 Å². The molecule has 0 N–H and O–H groups in total. The van der Waals surface area contributed by atoms with Crippen molar-refractivity contribution in [3.8, 4) is 11.3 Å². The van der Waals surface area contributed by atoms with Gasteiger partial charge in [0.25, 0.3) is 0 Å². The molecule has 0 fully saturated rings. The van der Waals surface area contributed by atoms with E-state index in [4.69, 9.17) is 4.42 Å². The predicted molar refractivity (Wildman–Crippen MR) is 72.4 cm³/mol. The summed E-state index contributed by atoms with van der Waals surface area (Å²) in [5.41, 5.74) is 2.25. The van der Waals surface area contributed by atoms with Gasteiger partial charge in [0.15, 0.2) is 0 Å². The molecular weight excluding hydrogens is 224 g/mol. The summed E-state index contributed by atoms with van der Waals surface area (Å²) in [7, 11) is 0. The minimum Gasteiger partial charge on any atom is -0.461 e. The van der Waals surface area contributed by atoms with Gasteiger partial charge in [-0.3, -0.25) is 0 Å². The number of hydrogen-bond acceptors (Lipinski definition) is 2. The van der Waals surface area contributed by atoms with Crippen LogP contribution < -0.4 is 0 Å². The van der Waals surface area contributed by atoms with Crippen molar-refractivity contribution in [2.45, 2.75) is 26.7 Å². The summed E-state index contributed by atoms with van der Waals surface area (Å²) in [5, 5.41) is 0. The molecule has 0 radical (unpaired) electrons. The highest BCUT2D eigenvalue weighted by molar-refractivity contribution is 5.58. The summed E-state index contributed by atoms with van der Waals surface area (Å²) in [6.45, 7) is 3.99. The van der Waals surface area contributed by atoms with E-state index in [2.05, 4.69) is 13.0 Å². The van der Waals surface area contributed by atoms with Crippen molar-refractivity contribution < 1.29 is 9.21 Å². The molecule has 0 aliphatic rings. The Kier molecular flexibility index (Phi) is 3.98. The highest BCUT2D eigenvalue weighted by atomic mass is 16.3. The number of aldehydes is 1. The molecule has 0 amide bonds. The zero-order chi connectivity index (χ0) is 13.0. The van der Waals surface area contributed by atoms with Crippen molar-refractivity contribution in [3.63, 3.8) is 0 Å². The second-order valence-corrected chi connectivity index (χ2v) is 4.73. The Morgan fingerprint density at radius 3 is 2.67 bits per heavy atom. The van der Waals surface area contributed by atoms with Gasteiger partial charge in [-0.15, -0.1) is 0 Å².